The molecule has 4 aromatic rings. The van der Waals surface area contributed by atoms with Gasteiger partial charge in [-0.2, -0.15) is 0 Å². The van der Waals surface area contributed by atoms with Gasteiger partial charge in [-0.3, -0.25) is 4.79 Å². The molecule has 0 bridgehead atoms. The number of fused-ring (bicyclic) bond motifs is 1. The molecule has 1 saturated heterocycles. The second kappa shape index (κ2) is 7.41. The Kier molecular flexibility index (Phi) is 4.58. The summed E-state index contributed by atoms with van der Waals surface area (Å²) in [6, 6.07) is 24.8. The smallest absolute Gasteiger partial charge is 0.227 e. The van der Waals surface area contributed by atoms with Crippen molar-refractivity contribution in [3.63, 3.8) is 0 Å². The minimum Gasteiger partial charge on any atom is -0.320 e. The lowest BCUT2D eigenvalue weighted by Gasteiger charge is -2.21. The van der Waals surface area contributed by atoms with Crippen LogP contribution in [0.2, 0.25) is 0 Å². The lowest BCUT2D eigenvalue weighted by molar-refractivity contribution is -0.117. The van der Waals surface area contributed by atoms with E-state index in [1.165, 1.54) is 11.6 Å². The predicted octanol–water partition coefficient (Wildman–Crippen LogP) is 5.31. The molecule has 1 fully saturated rings. The maximum atomic E-state index is 14.3. The van der Waals surface area contributed by atoms with Gasteiger partial charge in [-0.05, 0) is 36.8 Å². The zero-order chi connectivity index (χ0) is 20.7. The number of aromatic nitrogens is 2. The number of amides is 1. The molecule has 0 radical (unpaired) electrons. The summed E-state index contributed by atoms with van der Waals surface area (Å²) in [4.78, 5) is 19.3. The van der Waals surface area contributed by atoms with Crippen LogP contribution in [0, 0.1) is 5.82 Å². The summed E-state index contributed by atoms with van der Waals surface area (Å²) < 4.78 is 16.6. The normalized spacial score (nSPS) is 17.6. The molecule has 3 aromatic carbocycles. The molecule has 1 aromatic heterocycles. The highest BCUT2D eigenvalue weighted by Crippen LogP contribution is 2.36. The molecular weight excluding hydrogens is 377 g/mol. The summed E-state index contributed by atoms with van der Waals surface area (Å²) in [7, 11) is 0. The van der Waals surface area contributed by atoms with Crippen molar-refractivity contribution in [2.75, 3.05) is 11.4 Å². The van der Waals surface area contributed by atoms with Gasteiger partial charge in [-0.1, -0.05) is 54.6 Å². The van der Waals surface area contributed by atoms with E-state index in [9.17, 15) is 9.18 Å². The largest absolute Gasteiger partial charge is 0.320 e. The molecule has 5 heteroatoms. The van der Waals surface area contributed by atoms with Crippen LogP contribution in [0.4, 0.5) is 10.1 Å². The van der Waals surface area contributed by atoms with Crippen LogP contribution in [0.25, 0.3) is 11.0 Å². The van der Waals surface area contributed by atoms with Gasteiger partial charge in [0, 0.05) is 18.9 Å². The Morgan fingerprint density at radius 1 is 0.967 bits per heavy atom. The third-order valence-corrected chi connectivity index (χ3v) is 5.93. The molecule has 150 valence electrons. The molecular formula is C25H22FN3O. The Bertz CT molecular complexity index is 1220. The highest BCUT2D eigenvalue weighted by Gasteiger charge is 2.36. The Labute approximate surface area is 174 Å². The molecule has 0 aliphatic carbocycles. The fourth-order valence-electron chi connectivity index (χ4n) is 4.42. The molecule has 30 heavy (non-hydrogen) atoms. The third-order valence-electron chi connectivity index (χ3n) is 5.93. The minimum absolute atomic E-state index is 0.0613. The first kappa shape index (κ1) is 18.6. The summed E-state index contributed by atoms with van der Waals surface area (Å²) in [6.07, 6.45) is 0.319. The van der Waals surface area contributed by atoms with Gasteiger partial charge >= 0.3 is 0 Å². The standard InChI is InChI=1S/C25H22FN3O/c1-17(18-9-3-2-4-10-18)29-23-14-8-6-12-21(23)27-25(29)19-15-24(30)28(16-19)22-13-7-5-11-20(22)26/h2-14,17,19H,15-16H2,1H3. The number of rotatable bonds is 4. The number of carbonyl (C=O) groups excluding carboxylic acids is 1. The van der Waals surface area contributed by atoms with Gasteiger partial charge in [0.05, 0.1) is 22.8 Å². The minimum atomic E-state index is -0.377. The van der Waals surface area contributed by atoms with Crippen molar-refractivity contribution in [3.8, 4) is 0 Å². The van der Waals surface area contributed by atoms with E-state index in [1.807, 2.05) is 36.4 Å². The van der Waals surface area contributed by atoms with Gasteiger partial charge in [-0.25, -0.2) is 9.37 Å². The van der Waals surface area contributed by atoms with E-state index in [-0.39, 0.29) is 23.7 Å². The second-order valence-electron chi connectivity index (χ2n) is 7.77. The molecule has 2 unspecified atom stereocenters. The number of para-hydroxylation sites is 3. The van der Waals surface area contributed by atoms with Crippen LogP contribution in [-0.4, -0.2) is 22.0 Å². The van der Waals surface area contributed by atoms with Gasteiger partial charge in [0.25, 0.3) is 0 Å². The van der Waals surface area contributed by atoms with Crippen molar-refractivity contribution in [3.05, 3.63) is 96.1 Å². The monoisotopic (exact) mass is 399 g/mol. The number of benzene rings is 3. The Morgan fingerprint density at radius 3 is 2.47 bits per heavy atom. The van der Waals surface area contributed by atoms with Gasteiger partial charge < -0.3 is 9.47 Å². The summed E-state index contributed by atoms with van der Waals surface area (Å²) in [5, 5.41) is 0. The topological polar surface area (TPSA) is 38.1 Å². The van der Waals surface area contributed by atoms with Crippen molar-refractivity contribution < 1.29 is 9.18 Å². The molecule has 2 atom stereocenters. The summed E-state index contributed by atoms with van der Waals surface area (Å²) in [5.41, 5.74) is 3.47. The molecule has 1 aliphatic rings. The zero-order valence-electron chi connectivity index (χ0n) is 16.7. The van der Waals surface area contributed by atoms with Gasteiger partial charge in [0.15, 0.2) is 0 Å². The quantitative estimate of drug-likeness (QED) is 0.467. The lowest BCUT2D eigenvalue weighted by atomic mass is 10.0. The number of imidazole rings is 1. The maximum Gasteiger partial charge on any atom is 0.227 e. The average Bonchev–Trinajstić information content (AvgIpc) is 3.35. The van der Waals surface area contributed by atoms with Crippen LogP contribution in [0.3, 0.4) is 0 Å². The van der Waals surface area contributed by atoms with Crippen LogP contribution < -0.4 is 4.90 Å². The average molecular weight is 399 g/mol. The van der Waals surface area contributed by atoms with Crippen molar-refractivity contribution in [1.82, 2.24) is 9.55 Å². The number of hydrogen-bond acceptors (Lipinski definition) is 2. The number of hydrogen-bond donors (Lipinski definition) is 0. The lowest BCUT2D eigenvalue weighted by Crippen LogP contribution is -2.25. The van der Waals surface area contributed by atoms with E-state index in [4.69, 9.17) is 4.98 Å². The van der Waals surface area contributed by atoms with E-state index in [2.05, 4.69) is 29.7 Å². The Morgan fingerprint density at radius 2 is 1.67 bits per heavy atom. The number of carbonyl (C=O) groups is 1. The summed E-state index contributed by atoms with van der Waals surface area (Å²) in [6.45, 7) is 2.57. The second-order valence-corrected chi connectivity index (χ2v) is 7.77. The summed E-state index contributed by atoms with van der Waals surface area (Å²) >= 11 is 0. The van der Waals surface area contributed by atoms with Crippen LogP contribution in [0.5, 0.6) is 0 Å². The highest BCUT2D eigenvalue weighted by molar-refractivity contribution is 5.96. The molecule has 0 N–H and O–H groups in total. The fraction of sp³-hybridized carbons (Fsp3) is 0.200. The molecule has 1 amide bonds. The van der Waals surface area contributed by atoms with Gasteiger partial charge in [0.2, 0.25) is 5.91 Å². The molecule has 0 spiro atoms. The Hall–Kier alpha value is -3.47. The van der Waals surface area contributed by atoms with Crippen LogP contribution in [0.15, 0.2) is 78.9 Å². The van der Waals surface area contributed by atoms with Gasteiger partial charge in [0.1, 0.15) is 11.6 Å². The first-order valence-electron chi connectivity index (χ1n) is 10.2. The first-order valence-corrected chi connectivity index (χ1v) is 10.2. The molecule has 1 aliphatic heterocycles. The molecule has 4 nitrogen and oxygen atoms in total. The van der Waals surface area contributed by atoms with E-state index in [0.717, 1.165) is 16.9 Å². The van der Waals surface area contributed by atoms with E-state index < -0.39 is 0 Å². The van der Waals surface area contributed by atoms with Crippen molar-refractivity contribution >= 4 is 22.6 Å². The van der Waals surface area contributed by atoms with E-state index in [1.54, 1.807) is 23.1 Å². The summed E-state index contributed by atoms with van der Waals surface area (Å²) in [5.74, 6) is 0.323. The fourth-order valence-corrected chi connectivity index (χ4v) is 4.42. The SMILES string of the molecule is CC(c1ccccc1)n1c(C2CC(=O)N(c3ccccc3F)C2)nc2ccccc21. The Balaban J connectivity index is 1.58. The van der Waals surface area contributed by atoms with Crippen molar-refractivity contribution in [2.24, 2.45) is 0 Å². The van der Waals surface area contributed by atoms with Crippen molar-refractivity contribution in [1.29, 1.82) is 0 Å². The molecule has 0 saturated carbocycles. The van der Waals surface area contributed by atoms with Crippen molar-refractivity contribution in [2.45, 2.75) is 25.3 Å². The zero-order valence-corrected chi connectivity index (χ0v) is 16.7. The van der Waals surface area contributed by atoms with Crippen LogP contribution in [-0.2, 0) is 4.79 Å². The van der Waals surface area contributed by atoms with E-state index >= 15 is 0 Å². The maximum absolute atomic E-state index is 14.3. The number of anilines is 1. The first-order chi connectivity index (χ1) is 14.6. The number of nitrogens with zero attached hydrogens (tertiary/aromatic N) is 3. The number of halogens is 1. The van der Waals surface area contributed by atoms with E-state index in [0.29, 0.717) is 18.7 Å². The van der Waals surface area contributed by atoms with Crippen LogP contribution in [0.1, 0.15) is 36.7 Å². The highest BCUT2D eigenvalue weighted by atomic mass is 19.1. The predicted molar refractivity (Wildman–Crippen MR) is 116 cm³/mol. The van der Waals surface area contributed by atoms with Crippen LogP contribution >= 0.6 is 0 Å². The van der Waals surface area contributed by atoms with Gasteiger partial charge in [-0.15, -0.1) is 0 Å². The third kappa shape index (κ3) is 3.07. The molecule has 5 rings (SSSR count). The molecule has 2 heterocycles.